The topological polar surface area (TPSA) is 69.7 Å². The van der Waals surface area contributed by atoms with Gasteiger partial charge in [-0.1, -0.05) is 50.8 Å². The zero-order valence-corrected chi connectivity index (χ0v) is 15.4. The Kier molecular flexibility index (Phi) is 8.23. The molecule has 0 unspecified atom stereocenters. The molecule has 5 heteroatoms. The van der Waals surface area contributed by atoms with Crippen molar-refractivity contribution in [2.24, 2.45) is 0 Å². The van der Waals surface area contributed by atoms with Crippen molar-refractivity contribution in [2.45, 2.75) is 45.4 Å². The lowest BCUT2D eigenvalue weighted by molar-refractivity contribution is 0.0979. The molecule has 5 nitrogen and oxygen atoms in total. The van der Waals surface area contributed by atoms with Crippen molar-refractivity contribution < 1.29 is 23.9 Å². The number of benzene rings is 2. The second-order valence-corrected chi connectivity index (χ2v) is 6.17. The summed E-state index contributed by atoms with van der Waals surface area (Å²) in [6, 6.07) is 12.8. The van der Waals surface area contributed by atoms with E-state index in [1.165, 1.54) is 18.6 Å². The van der Waals surface area contributed by atoms with E-state index in [0.29, 0.717) is 17.7 Å². The average Bonchev–Trinajstić information content (AvgIpc) is 2.68. The highest BCUT2D eigenvalue weighted by Gasteiger charge is 2.15. The molecular formula is C22H23O5. The summed E-state index contributed by atoms with van der Waals surface area (Å²) in [5, 5.41) is 0. The maximum Gasteiger partial charge on any atom is 0.519 e. The van der Waals surface area contributed by atoms with Gasteiger partial charge in [0, 0.05) is 12.0 Å². The first-order valence-electron chi connectivity index (χ1n) is 9.14. The molecule has 1 radical (unpaired) electrons. The second-order valence-electron chi connectivity index (χ2n) is 6.17. The monoisotopic (exact) mass is 367 g/mol. The fourth-order valence-corrected chi connectivity index (χ4v) is 2.60. The van der Waals surface area contributed by atoms with Crippen LogP contribution in [0.1, 0.15) is 61.4 Å². The molecule has 141 valence electrons. The Morgan fingerprint density at radius 1 is 0.926 bits per heavy atom. The van der Waals surface area contributed by atoms with Gasteiger partial charge in [-0.2, -0.15) is 0 Å². The van der Waals surface area contributed by atoms with Crippen LogP contribution in [0.15, 0.2) is 48.5 Å². The summed E-state index contributed by atoms with van der Waals surface area (Å²) in [5.41, 5.74) is 0.421. The number of carbonyl (C=O) groups excluding carboxylic acids is 3. The van der Waals surface area contributed by atoms with E-state index >= 15 is 0 Å². The van der Waals surface area contributed by atoms with E-state index in [-0.39, 0.29) is 17.1 Å². The Balaban J connectivity index is 1.95. The molecule has 0 atom stereocenters. The van der Waals surface area contributed by atoms with Crippen molar-refractivity contribution in [1.29, 1.82) is 0 Å². The number of unbranched alkanes of at least 4 members (excludes halogenated alkanes) is 4. The van der Waals surface area contributed by atoms with Crippen LogP contribution < -0.4 is 9.47 Å². The molecule has 0 bridgehead atoms. The van der Waals surface area contributed by atoms with Gasteiger partial charge in [-0.3, -0.25) is 9.59 Å². The summed E-state index contributed by atoms with van der Waals surface area (Å²) in [7, 11) is 0. The van der Waals surface area contributed by atoms with Crippen molar-refractivity contribution in [3.05, 3.63) is 59.7 Å². The maximum absolute atomic E-state index is 12.3. The Bertz CT molecular complexity index is 768. The maximum atomic E-state index is 12.3. The van der Waals surface area contributed by atoms with Gasteiger partial charge in [0.25, 0.3) is 0 Å². The standard InChI is InChI=1S/C22H23O5/c1-2-3-4-5-9-12-20(24)17-13-14-21(18(15-17)16-23)27-22(25)26-19-10-7-6-8-11-19/h6-8,10-11,13-15H,2-5,9,12H2,1H3. The Labute approximate surface area is 159 Å². The number of rotatable bonds is 10. The summed E-state index contributed by atoms with van der Waals surface area (Å²) < 4.78 is 10.1. The van der Waals surface area contributed by atoms with Crippen LogP contribution in [0.5, 0.6) is 11.5 Å². The minimum atomic E-state index is -0.965. The number of hydrogen-bond acceptors (Lipinski definition) is 5. The highest BCUT2D eigenvalue weighted by Crippen LogP contribution is 2.21. The van der Waals surface area contributed by atoms with E-state index in [2.05, 4.69) is 6.92 Å². The van der Waals surface area contributed by atoms with Crippen molar-refractivity contribution in [2.75, 3.05) is 0 Å². The first-order chi connectivity index (χ1) is 13.1. The highest BCUT2D eigenvalue weighted by atomic mass is 16.7. The van der Waals surface area contributed by atoms with Crippen molar-refractivity contribution >= 4 is 18.2 Å². The van der Waals surface area contributed by atoms with Crippen molar-refractivity contribution in [3.63, 3.8) is 0 Å². The molecule has 0 saturated heterocycles. The predicted octanol–water partition coefficient (Wildman–Crippen LogP) is 5.27. The first kappa shape index (κ1) is 20.4. The van der Waals surface area contributed by atoms with E-state index in [4.69, 9.17) is 9.47 Å². The van der Waals surface area contributed by atoms with Crippen molar-refractivity contribution in [3.8, 4) is 11.5 Å². The zero-order chi connectivity index (χ0) is 19.5. The molecule has 0 spiro atoms. The quantitative estimate of drug-likeness (QED) is 0.248. The Morgan fingerprint density at radius 3 is 2.37 bits per heavy atom. The van der Waals surface area contributed by atoms with Crippen LogP contribution in [-0.2, 0) is 4.79 Å². The number of ether oxygens (including phenoxy) is 2. The van der Waals surface area contributed by atoms with Gasteiger partial charge in [0.2, 0.25) is 6.29 Å². The van der Waals surface area contributed by atoms with E-state index in [9.17, 15) is 14.4 Å². The highest BCUT2D eigenvalue weighted by molar-refractivity contribution is 5.98. The molecule has 2 aromatic carbocycles. The van der Waals surface area contributed by atoms with Crippen LogP contribution in [0.25, 0.3) is 0 Å². The largest absolute Gasteiger partial charge is 0.519 e. The van der Waals surface area contributed by atoms with Gasteiger partial charge in [0.1, 0.15) is 11.5 Å². The molecule has 0 N–H and O–H groups in total. The third-order valence-corrected chi connectivity index (χ3v) is 4.06. The molecule has 0 aromatic heterocycles. The number of carbonyl (C=O) groups is 2. The summed E-state index contributed by atoms with van der Waals surface area (Å²) in [6.07, 6.45) is 6.45. The lowest BCUT2D eigenvalue weighted by Gasteiger charge is -2.08. The summed E-state index contributed by atoms with van der Waals surface area (Å²) in [4.78, 5) is 35.3. The van der Waals surface area contributed by atoms with Gasteiger partial charge in [0.15, 0.2) is 5.78 Å². The van der Waals surface area contributed by atoms with E-state index in [1.807, 2.05) is 0 Å². The van der Waals surface area contributed by atoms with E-state index < -0.39 is 6.16 Å². The average molecular weight is 367 g/mol. The van der Waals surface area contributed by atoms with Gasteiger partial charge in [-0.25, -0.2) is 4.79 Å². The molecule has 27 heavy (non-hydrogen) atoms. The van der Waals surface area contributed by atoms with Crippen LogP contribution in [0.2, 0.25) is 0 Å². The second kappa shape index (κ2) is 10.9. The van der Waals surface area contributed by atoms with Crippen LogP contribution in [0.4, 0.5) is 4.79 Å². The molecule has 0 aliphatic heterocycles. The molecule has 0 amide bonds. The Morgan fingerprint density at radius 2 is 1.67 bits per heavy atom. The minimum Gasteiger partial charge on any atom is -0.395 e. The lowest BCUT2D eigenvalue weighted by atomic mass is 10.0. The van der Waals surface area contributed by atoms with Gasteiger partial charge < -0.3 is 9.47 Å². The normalized spacial score (nSPS) is 10.3. The molecule has 0 aliphatic carbocycles. The fraction of sp³-hybridized carbons (Fsp3) is 0.318. The van der Waals surface area contributed by atoms with E-state index in [0.717, 1.165) is 25.7 Å². The molecule has 0 saturated carbocycles. The smallest absolute Gasteiger partial charge is 0.395 e. The zero-order valence-electron chi connectivity index (χ0n) is 15.4. The summed E-state index contributed by atoms with van der Waals surface area (Å²) in [5.74, 6) is 0.292. The van der Waals surface area contributed by atoms with E-state index in [1.54, 1.807) is 42.7 Å². The SMILES string of the molecule is CCCCCCCC(=O)c1ccc(OC(=O)Oc2ccccc2)c([C]=O)c1. The predicted molar refractivity (Wildman–Crippen MR) is 102 cm³/mol. The van der Waals surface area contributed by atoms with Crippen LogP contribution >= 0.6 is 0 Å². The molecule has 0 aliphatic rings. The summed E-state index contributed by atoms with van der Waals surface area (Å²) >= 11 is 0. The molecular weight excluding hydrogens is 344 g/mol. The third-order valence-electron chi connectivity index (χ3n) is 4.06. The van der Waals surface area contributed by atoms with Gasteiger partial charge in [0.05, 0.1) is 5.56 Å². The first-order valence-corrected chi connectivity index (χ1v) is 9.14. The third kappa shape index (κ3) is 6.70. The number of ketones is 1. The van der Waals surface area contributed by atoms with Gasteiger partial charge in [-0.15, -0.1) is 0 Å². The van der Waals surface area contributed by atoms with Crippen LogP contribution in [-0.4, -0.2) is 18.2 Å². The molecule has 2 aromatic rings. The fourth-order valence-electron chi connectivity index (χ4n) is 2.60. The molecule has 2 rings (SSSR count). The van der Waals surface area contributed by atoms with Crippen LogP contribution in [0, 0.1) is 0 Å². The van der Waals surface area contributed by atoms with Crippen molar-refractivity contribution in [1.82, 2.24) is 0 Å². The Hall–Kier alpha value is -2.95. The number of hydrogen-bond donors (Lipinski definition) is 0. The van der Waals surface area contributed by atoms with Gasteiger partial charge >= 0.3 is 6.16 Å². The molecule has 0 fully saturated rings. The molecule has 0 heterocycles. The number of para-hydroxylation sites is 1. The summed E-state index contributed by atoms with van der Waals surface area (Å²) in [6.45, 7) is 2.14. The minimum absolute atomic E-state index is 0.00502. The number of Topliss-reactive ketones (excluding diaryl/α,β-unsaturated/α-hetero) is 1. The lowest BCUT2D eigenvalue weighted by Crippen LogP contribution is -2.15. The van der Waals surface area contributed by atoms with Crippen LogP contribution in [0.3, 0.4) is 0 Å². The van der Waals surface area contributed by atoms with Gasteiger partial charge in [-0.05, 0) is 36.8 Å².